The van der Waals surface area contributed by atoms with Gasteiger partial charge >= 0.3 is 0 Å². The Kier molecular flexibility index (Phi) is 7.30. The first-order valence-corrected chi connectivity index (χ1v) is 8.11. The number of nitrogens with one attached hydrogen (secondary N) is 2. The van der Waals surface area contributed by atoms with Gasteiger partial charge in [0.25, 0.3) is 5.91 Å². The topological polar surface area (TPSA) is 95.1 Å². The normalized spacial score (nSPS) is 9.89. The van der Waals surface area contributed by atoms with Crippen molar-refractivity contribution in [2.45, 2.75) is 0 Å². The number of para-hydroxylation sites is 2. The summed E-state index contributed by atoms with van der Waals surface area (Å²) in [4.78, 5) is 24.0. The summed E-state index contributed by atoms with van der Waals surface area (Å²) in [5.74, 6) is 1.17. The van der Waals surface area contributed by atoms with Gasteiger partial charge in [-0.2, -0.15) is 0 Å². The van der Waals surface area contributed by atoms with Gasteiger partial charge in [-0.05, 0) is 24.3 Å². The molecule has 0 unspecified atom stereocenters. The summed E-state index contributed by atoms with van der Waals surface area (Å²) in [6, 6.07) is 12.0. The molecule has 0 heterocycles. The Morgan fingerprint density at radius 3 is 2.22 bits per heavy atom. The van der Waals surface area contributed by atoms with E-state index >= 15 is 0 Å². The monoisotopic (exact) mass is 374 g/mol. The smallest absolute Gasteiger partial charge is 0.258 e. The molecule has 27 heavy (non-hydrogen) atoms. The molecule has 0 fully saturated rings. The zero-order valence-corrected chi connectivity index (χ0v) is 15.4. The average Bonchev–Trinajstić information content (AvgIpc) is 2.70. The van der Waals surface area contributed by atoms with Crippen LogP contribution in [0.4, 0.5) is 5.69 Å². The van der Waals surface area contributed by atoms with Crippen LogP contribution in [0.5, 0.6) is 23.0 Å². The van der Waals surface area contributed by atoms with Gasteiger partial charge in [-0.1, -0.05) is 12.1 Å². The molecule has 0 aromatic heterocycles. The largest absolute Gasteiger partial charge is 0.497 e. The van der Waals surface area contributed by atoms with E-state index in [-0.39, 0.29) is 13.2 Å². The Bertz CT molecular complexity index is 794. The first-order valence-electron chi connectivity index (χ1n) is 8.11. The van der Waals surface area contributed by atoms with Crippen LogP contribution < -0.4 is 29.6 Å². The number of amides is 2. The van der Waals surface area contributed by atoms with E-state index in [0.29, 0.717) is 28.7 Å². The van der Waals surface area contributed by atoms with Gasteiger partial charge in [0.05, 0.1) is 33.6 Å². The van der Waals surface area contributed by atoms with Crippen molar-refractivity contribution in [3.8, 4) is 23.0 Å². The third-order valence-corrected chi connectivity index (χ3v) is 3.55. The molecule has 0 bridgehead atoms. The van der Waals surface area contributed by atoms with Gasteiger partial charge in [0.1, 0.15) is 11.5 Å². The van der Waals surface area contributed by atoms with Crippen molar-refractivity contribution in [2.75, 3.05) is 39.8 Å². The summed E-state index contributed by atoms with van der Waals surface area (Å²) < 4.78 is 20.9. The molecule has 2 N–H and O–H groups in total. The minimum absolute atomic E-state index is 0.214. The molecule has 0 aliphatic carbocycles. The molecule has 8 nitrogen and oxygen atoms in total. The van der Waals surface area contributed by atoms with E-state index < -0.39 is 11.8 Å². The number of hydrogen-bond acceptors (Lipinski definition) is 6. The maximum atomic E-state index is 12.1. The van der Waals surface area contributed by atoms with Gasteiger partial charge in [-0.15, -0.1) is 0 Å². The SMILES string of the molecule is COc1ccc(OC)c(NC(=O)CNC(=O)COc2ccccc2OC)c1. The molecular formula is C19H22N2O6. The van der Waals surface area contributed by atoms with E-state index in [0.717, 1.165) is 0 Å². The van der Waals surface area contributed by atoms with Crippen LogP contribution in [0.25, 0.3) is 0 Å². The highest BCUT2D eigenvalue weighted by Crippen LogP contribution is 2.28. The van der Waals surface area contributed by atoms with Gasteiger partial charge < -0.3 is 29.6 Å². The average molecular weight is 374 g/mol. The molecule has 0 atom stereocenters. The van der Waals surface area contributed by atoms with E-state index in [9.17, 15) is 9.59 Å². The van der Waals surface area contributed by atoms with Crippen LogP contribution in [0, 0.1) is 0 Å². The molecule has 144 valence electrons. The first-order chi connectivity index (χ1) is 13.1. The van der Waals surface area contributed by atoms with Crippen LogP contribution in [0.2, 0.25) is 0 Å². The number of methoxy groups -OCH3 is 3. The number of carbonyl (C=O) groups is 2. The third-order valence-electron chi connectivity index (χ3n) is 3.55. The fourth-order valence-corrected chi connectivity index (χ4v) is 2.22. The van der Waals surface area contributed by atoms with Gasteiger partial charge in [-0.25, -0.2) is 0 Å². The maximum Gasteiger partial charge on any atom is 0.258 e. The van der Waals surface area contributed by atoms with Crippen molar-refractivity contribution >= 4 is 17.5 Å². The standard InChI is InChI=1S/C19H22N2O6/c1-24-13-8-9-15(25-2)14(10-13)21-18(22)11-20-19(23)12-27-17-7-5-4-6-16(17)26-3/h4-10H,11-12H2,1-3H3,(H,20,23)(H,21,22). The molecular weight excluding hydrogens is 352 g/mol. The van der Waals surface area contributed by atoms with Crippen molar-refractivity contribution in [1.82, 2.24) is 5.32 Å². The zero-order valence-electron chi connectivity index (χ0n) is 15.4. The summed E-state index contributed by atoms with van der Waals surface area (Å²) in [6.07, 6.45) is 0. The predicted molar refractivity (Wildman–Crippen MR) is 99.7 cm³/mol. The van der Waals surface area contributed by atoms with Crippen LogP contribution in [-0.2, 0) is 9.59 Å². The number of hydrogen-bond donors (Lipinski definition) is 2. The highest BCUT2D eigenvalue weighted by molar-refractivity contribution is 5.96. The van der Waals surface area contributed by atoms with Crippen LogP contribution in [0.3, 0.4) is 0 Å². The Balaban J connectivity index is 1.84. The fraction of sp³-hybridized carbons (Fsp3) is 0.263. The molecule has 0 spiro atoms. The van der Waals surface area contributed by atoms with Gasteiger partial charge in [0.15, 0.2) is 18.1 Å². The van der Waals surface area contributed by atoms with Crippen molar-refractivity contribution in [3.05, 3.63) is 42.5 Å². The summed E-state index contributed by atoms with van der Waals surface area (Å²) in [6.45, 7) is -0.454. The molecule has 0 radical (unpaired) electrons. The number of benzene rings is 2. The Labute approximate surface area is 157 Å². The van der Waals surface area contributed by atoms with Gasteiger partial charge in [0, 0.05) is 6.07 Å². The minimum atomic E-state index is -0.436. The second kappa shape index (κ2) is 9.91. The van der Waals surface area contributed by atoms with Crippen LogP contribution >= 0.6 is 0 Å². The molecule has 0 aliphatic heterocycles. The highest BCUT2D eigenvalue weighted by Gasteiger charge is 2.11. The lowest BCUT2D eigenvalue weighted by Crippen LogP contribution is -2.35. The lowest BCUT2D eigenvalue weighted by Gasteiger charge is -2.12. The van der Waals surface area contributed by atoms with Crippen molar-refractivity contribution in [1.29, 1.82) is 0 Å². The summed E-state index contributed by atoms with van der Waals surface area (Å²) in [7, 11) is 4.53. The molecule has 2 amide bonds. The fourth-order valence-electron chi connectivity index (χ4n) is 2.22. The van der Waals surface area contributed by atoms with Crippen LogP contribution in [0.15, 0.2) is 42.5 Å². The number of anilines is 1. The highest BCUT2D eigenvalue weighted by atomic mass is 16.5. The Morgan fingerprint density at radius 2 is 1.56 bits per heavy atom. The van der Waals surface area contributed by atoms with Crippen molar-refractivity contribution in [2.24, 2.45) is 0 Å². The lowest BCUT2D eigenvalue weighted by molar-refractivity contribution is -0.125. The van der Waals surface area contributed by atoms with Crippen molar-refractivity contribution < 1.29 is 28.5 Å². The predicted octanol–water partition coefficient (Wildman–Crippen LogP) is 1.85. The van der Waals surface area contributed by atoms with Crippen molar-refractivity contribution in [3.63, 3.8) is 0 Å². The van der Waals surface area contributed by atoms with Crippen LogP contribution in [0.1, 0.15) is 0 Å². The lowest BCUT2D eigenvalue weighted by atomic mass is 10.2. The molecule has 8 heteroatoms. The summed E-state index contributed by atoms with van der Waals surface area (Å²) >= 11 is 0. The second-order valence-electron chi connectivity index (χ2n) is 5.33. The van der Waals surface area contributed by atoms with Gasteiger partial charge in [0.2, 0.25) is 5.91 Å². The molecule has 2 aromatic carbocycles. The van der Waals surface area contributed by atoms with E-state index in [1.165, 1.54) is 21.3 Å². The third kappa shape index (κ3) is 5.81. The molecule has 2 rings (SSSR count). The zero-order chi connectivity index (χ0) is 19.6. The van der Waals surface area contributed by atoms with E-state index in [1.807, 2.05) is 0 Å². The minimum Gasteiger partial charge on any atom is -0.497 e. The molecule has 2 aromatic rings. The van der Waals surface area contributed by atoms with Gasteiger partial charge in [-0.3, -0.25) is 9.59 Å². The summed E-state index contributed by atoms with van der Waals surface area (Å²) in [5, 5.41) is 5.15. The quantitative estimate of drug-likeness (QED) is 0.696. The first kappa shape index (κ1) is 19.9. The van der Waals surface area contributed by atoms with E-state index in [1.54, 1.807) is 42.5 Å². The summed E-state index contributed by atoms with van der Waals surface area (Å²) in [5.41, 5.74) is 0.446. The number of rotatable bonds is 9. The number of ether oxygens (including phenoxy) is 4. The second-order valence-corrected chi connectivity index (χ2v) is 5.33. The Morgan fingerprint density at radius 1 is 0.852 bits per heavy atom. The van der Waals surface area contributed by atoms with E-state index in [2.05, 4.69) is 10.6 Å². The maximum absolute atomic E-state index is 12.1. The molecule has 0 aliphatic rings. The van der Waals surface area contributed by atoms with Crippen LogP contribution in [-0.4, -0.2) is 46.3 Å². The van der Waals surface area contributed by atoms with E-state index in [4.69, 9.17) is 18.9 Å². The molecule has 0 saturated carbocycles. The number of carbonyl (C=O) groups excluding carboxylic acids is 2. The Hall–Kier alpha value is -3.42. The molecule has 0 saturated heterocycles.